The Morgan fingerprint density at radius 2 is 1.50 bits per heavy atom. The van der Waals surface area contributed by atoms with Crippen LogP contribution in [-0.4, -0.2) is 17.7 Å². The van der Waals surface area contributed by atoms with Crippen molar-refractivity contribution >= 4 is 12.7 Å². The molecule has 0 saturated heterocycles. The van der Waals surface area contributed by atoms with Gasteiger partial charge in [-0.1, -0.05) is 66.7 Å². The second-order valence-electron chi connectivity index (χ2n) is 5.93. The van der Waals surface area contributed by atoms with E-state index >= 15 is 0 Å². The van der Waals surface area contributed by atoms with Gasteiger partial charge in [0, 0.05) is 23.0 Å². The highest BCUT2D eigenvalue weighted by Crippen LogP contribution is 2.46. The van der Waals surface area contributed by atoms with Crippen LogP contribution in [-0.2, 0) is 15.1 Å². The summed E-state index contributed by atoms with van der Waals surface area (Å²) >= 11 is 0. The molecule has 3 rings (SSSR count). The molecule has 26 heavy (non-hydrogen) atoms. The molecule has 1 unspecified atom stereocenters. The van der Waals surface area contributed by atoms with E-state index in [9.17, 15) is 4.79 Å². The van der Waals surface area contributed by atoms with E-state index in [1.54, 1.807) is 6.20 Å². The van der Waals surface area contributed by atoms with Gasteiger partial charge in [0.2, 0.25) is 0 Å². The minimum Gasteiger partial charge on any atom is -0.451 e. The molecule has 0 fully saturated rings. The van der Waals surface area contributed by atoms with E-state index < -0.39 is 5.60 Å². The van der Waals surface area contributed by atoms with Crippen LogP contribution >= 0.6 is 0 Å². The molecular formula is C22H20N2O2. The number of carbonyl (C=O) groups is 1. The molecule has 1 atom stereocenters. The van der Waals surface area contributed by atoms with Crippen LogP contribution in [0.25, 0.3) is 0 Å². The van der Waals surface area contributed by atoms with Crippen molar-refractivity contribution in [3.05, 3.63) is 102 Å². The number of benzene rings is 2. The maximum absolute atomic E-state index is 11.6. The molecule has 0 aliphatic heterocycles. The van der Waals surface area contributed by atoms with Gasteiger partial charge in [-0.25, -0.2) is 0 Å². The molecule has 0 aliphatic carbocycles. The topological polar surface area (TPSA) is 63.0 Å². The largest absolute Gasteiger partial charge is 0.451 e. The summed E-state index contributed by atoms with van der Waals surface area (Å²) in [7, 11) is 0. The SMILES string of the molecule is N=CCC(c1ccccn1)C(OC=O)(c1ccccc1)c1ccccc1. The van der Waals surface area contributed by atoms with Crippen molar-refractivity contribution in [3.63, 3.8) is 0 Å². The van der Waals surface area contributed by atoms with Crippen LogP contribution in [0.2, 0.25) is 0 Å². The smallest absolute Gasteiger partial charge is 0.294 e. The quantitative estimate of drug-likeness (QED) is 0.489. The second kappa shape index (κ2) is 8.21. The van der Waals surface area contributed by atoms with Crippen molar-refractivity contribution < 1.29 is 9.53 Å². The lowest BCUT2D eigenvalue weighted by Crippen LogP contribution is -2.38. The summed E-state index contributed by atoms with van der Waals surface area (Å²) in [6, 6.07) is 24.9. The van der Waals surface area contributed by atoms with Crippen molar-refractivity contribution in [1.29, 1.82) is 5.41 Å². The maximum Gasteiger partial charge on any atom is 0.294 e. The van der Waals surface area contributed by atoms with E-state index in [1.807, 2.05) is 78.9 Å². The number of nitrogens with one attached hydrogen (secondary N) is 1. The Bertz CT molecular complexity index is 796. The highest BCUT2D eigenvalue weighted by molar-refractivity contribution is 5.58. The molecule has 1 aromatic heterocycles. The summed E-state index contributed by atoms with van der Waals surface area (Å²) in [5.74, 6) is -0.337. The molecule has 0 amide bonds. The van der Waals surface area contributed by atoms with Crippen LogP contribution in [0.1, 0.15) is 29.2 Å². The highest BCUT2D eigenvalue weighted by atomic mass is 16.5. The fourth-order valence-corrected chi connectivity index (χ4v) is 3.43. The molecule has 0 spiro atoms. The zero-order valence-corrected chi connectivity index (χ0v) is 14.3. The Balaban J connectivity index is 2.30. The van der Waals surface area contributed by atoms with Crippen LogP contribution in [0.4, 0.5) is 0 Å². The first-order chi connectivity index (χ1) is 12.8. The van der Waals surface area contributed by atoms with E-state index in [2.05, 4.69) is 4.98 Å². The number of carbonyl (C=O) groups excluding carboxylic acids is 1. The summed E-state index contributed by atoms with van der Waals surface area (Å²) in [6.07, 6.45) is 3.44. The van der Waals surface area contributed by atoms with E-state index in [1.165, 1.54) is 6.21 Å². The van der Waals surface area contributed by atoms with Gasteiger partial charge in [-0.3, -0.25) is 9.78 Å². The Morgan fingerprint density at radius 3 is 1.96 bits per heavy atom. The van der Waals surface area contributed by atoms with Gasteiger partial charge in [-0.05, 0) is 24.8 Å². The fraction of sp³-hybridized carbons (Fsp3) is 0.136. The summed E-state index contributed by atoms with van der Waals surface area (Å²) in [6.45, 7) is 0.486. The van der Waals surface area contributed by atoms with Crippen LogP contribution < -0.4 is 0 Å². The molecule has 0 radical (unpaired) electrons. The first kappa shape index (κ1) is 17.5. The lowest BCUT2D eigenvalue weighted by molar-refractivity contribution is -0.143. The third-order valence-electron chi connectivity index (χ3n) is 4.53. The van der Waals surface area contributed by atoms with E-state index in [-0.39, 0.29) is 5.92 Å². The van der Waals surface area contributed by atoms with Crippen molar-refractivity contribution in [3.8, 4) is 0 Å². The molecule has 0 aliphatic rings. The lowest BCUT2D eigenvalue weighted by atomic mass is 9.73. The number of aromatic nitrogens is 1. The first-order valence-electron chi connectivity index (χ1n) is 8.45. The number of hydrogen-bond donors (Lipinski definition) is 1. The fourth-order valence-electron chi connectivity index (χ4n) is 3.43. The molecule has 130 valence electrons. The third-order valence-corrected chi connectivity index (χ3v) is 4.53. The molecule has 1 N–H and O–H groups in total. The van der Waals surface area contributed by atoms with Gasteiger partial charge >= 0.3 is 0 Å². The van der Waals surface area contributed by atoms with E-state index in [0.717, 1.165) is 16.8 Å². The van der Waals surface area contributed by atoms with Gasteiger partial charge in [0.1, 0.15) is 0 Å². The Hall–Kier alpha value is -3.27. The van der Waals surface area contributed by atoms with Crippen molar-refractivity contribution in [2.75, 3.05) is 0 Å². The van der Waals surface area contributed by atoms with Crippen LogP contribution in [0, 0.1) is 5.41 Å². The minimum absolute atomic E-state index is 0.337. The van der Waals surface area contributed by atoms with E-state index in [4.69, 9.17) is 10.1 Å². The molecule has 0 bridgehead atoms. The number of nitrogens with zero attached hydrogens (tertiary/aromatic N) is 1. The average molecular weight is 344 g/mol. The molecule has 4 nitrogen and oxygen atoms in total. The molecule has 4 heteroatoms. The molecular weight excluding hydrogens is 324 g/mol. The Kier molecular flexibility index (Phi) is 5.54. The number of hydrogen-bond acceptors (Lipinski definition) is 4. The van der Waals surface area contributed by atoms with Gasteiger partial charge in [0.15, 0.2) is 5.60 Å². The minimum atomic E-state index is -1.07. The monoisotopic (exact) mass is 344 g/mol. The zero-order chi connectivity index (χ0) is 18.2. The van der Waals surface area contributed by atoms with Crippen LogP contribution in [0.3, 0.4) is 0 Å². The normalized spacial score (nSPS) is 12.2. The zero-order valence-electron chi connectivity index (χ0n) is 14.3. The van der Waals surface area contributed by atoms with E-state index in [0.29, 0.717) is 12.9 Å². The summed E-state index contributed by atoms with van der Waals surface area (Å²) in [4.78, 5) is 16.1. The third kappa shape index (κ3) is 3.26. The van der Waals surface area contributed by atoms with Crippen molar-refractivity contribution in [2.45, 2.75) is 17.9 Å². The first-order valence-corrected chi connectivity index (χ1v) is 8.45. The molecule has 1 heterocycles. The summed E-state index contributed by atoms with van der Waals surface area (Å²) in [5.41, 5.74) is 1.38. The number of ether oxygens (including phenoxy) is 1. The predicted molar refractivity (Wildman–Crippen MR) is 101 cm³/mol. The van der Waals surface area contributed by atoms with Crippen molar-refractivity contribution in [1.82, 2.24) is 4.98 Å². The maximum atomic E-state index is 11.6. The van der Waals surface area contributed by atoms with Gasteiger partial charge in [0.05, 0.1) is 5.92 Å². The molecule has 3 aromatic rings. The average Bonchev–Trinajstić information content (AvgIpc) is 2.72. The molecule has 0 saturated carbocycles. The van der Waals surface area contributed by atoms with Gasteiger partial charge in [-0.15, -0.1) is 0 Å². The summed E-state index contributed by atoms with van der Waals surface area (Å²) in [5, 5.41) is 7.72. The van der Waals surface area contributed by atoms with Gasteiger partial charge in [0.25, 0.3) is 6.47 Å². The second-order valence-corrected chi connectivity index (χ2v) is 5.93. The number of rotatable bonds is 8. The number of pyridine rings is 1. The molecule has 2 aromatic carbocycles. The van der Waals surface area contributed by atoms with Crippen LogP contribution in [0.5, 0.6) is 0 Å². The summed E-state index contributed by atoms with van der Waals surface area (Å²) < 4.78 is 5.85. The van der Waals surface area contributed by atoms with Gasteiger partial charge in [-0.2, -0.15) is 0 Å². The standard InChI is InChI=1S/C22H20N2O2/c23-15-14-20(21-13-7-8-16-24-21)22(26-17-25,18-9-3-1-4-10-18)19-11-5-2-6-12-19/h1-13,15-17,20,23H,14H2. The highest BCUT2D eigenvalue weighted by Gasteiger charge is 2.45. The van der Waals surface area contributed by atoms with Crippen molar-refractivity contribution in [2.24, 2.45) is 0 Å². The predicted octanol–water partition coefficient (Wildman–Crippen LogP) is 4.32. The Morgan fingerprint density at radius 1 is 0.923 bits per heavy atom. The Labute approximate surface area is 153 Å². The van der Waals surface area contributed by atoms with Gasteiger partial charge < -0.3 is 10.1 Å². The van der Waals surface area contributed by atoms with Crippen LogP contribution in [0.15, 0.2) is 85.1 Å². The lowest BCUT2D eigenvalue weighted by Gasteiger charge is -2.39.